The topological polar surface area (TPSA) is 80.9 Å². The van der Waals surface area contributed by atoms with Gasteiger partial charge in [-0.25, -0.2) is 0 Å². The summed E-state index contributed by atoms with van der Waals surface area (Å²) in [6.07, 6.45) is -0.500. The zero-order valence-electron chi connectivity index (χ0n) is 11.9. The van der Waals surface area contributed by atoms with Crippen LogP contribution >= 0.6 is 12.6 Å². The van der Waals surface area contributed by atoms with Crippen LogP contribution < -0.4 is 0 Å². The first-order chi connectivity index (χ1) is 7.11. The molecule has 0 aromatic heterocycles. The molecule has 6 heteroatoms. The molecular weight excluding hydrogens is 319 g/mol. The molecular formula is C11H30O4SZr. The molecule has 0 bridgehead atoms. The molecule has 0 spiro atoms. The van der Waals surface area contributed by atoms with Gasteiger partial charge in [0, 0.05) is 50.3 Å². The molecule has 108 valence electrons. The van der Waals surface area contributed by atoms with Gasteiger partial charge in [-0.15, -0.1) is 0 Å². The van der Waals surface area contributed by atoms with Gasteiger partial charge in [-0.2, -0.15) is 12.6 Å². The van der Waals surface area contributed by atoms with E-state index in [1.165, 1.54) is 0 Å². The van der Waals surface area contributed by atoms with Crippen LogP contribution in [0.5, 0.6) is 0 Å². The average molecular weight is 350 g/mol. The molecule has 0 aliphatic rings. The van der Waals surface area contributed by atoms with Gasteiger partial charge in [0.1, 0.15) is 0 Å². The number of hydrogen-bond donors (Lipinski definition) is 5. The minimum Gasteiger partial charge on any atom is -0.396 e. The van der Waals surface area contributed by atoms with Gasteiger partial charge < -0.3 is 20.4 Å². The van der Waals surface area contributed by atoms with Crippen molar-refractivity contribution < 1.29 is 46.6 Å². The third-order valence-corrected chi connectivity index (χ3v) is 0.300. The maximum Gasteiger partial charge on any atom is 0.0519 e. The first-order valence-corrected chi connectivity index (χ1v) is 6.00. The fraction of sp³-hybridized carbons (Fsp3) is 1.00. The number of thiol groups is 1. The Morgan fingerprint density at radius 3 is 0.824 bits per heavy atom. The van der Waals surface area contributed by atoms with Crippen molar-refractivity contribution in [3.63, 3.8) is 0 Å². The van der Waals surface area contributed by atoms with Gasteiger partial charge in [-0.3, -0.25) is 0 Å². The van der Waals surface area contributed by atoms with Gasteiger partial charge in [0.15, 0.2) is 0 Å². The van der Waals surface area contributed by atoms with Crippen molar-refractivity contribution in [2.75, 3.05) is 12.4 Å². The van der Waals surface area contributed by atoms with Crippen LogP contribution in [0.25, 0.3) is 0 Å². The van der Waals surface area contributed by atoms with Crippen LogP contribution in [0, 0.1) is 0 Å². The Morgan fingerprint density at radius 1 is 0.765 bits per heavy atom. The summed E-state index contributed by atoms with van der Waals surface area (Å²) in [7, 11) is 0. The van der Waals surface area contributed by atoms with E-state index in [0.29, 0.717) is 5.75 Å². The SMILES string of the molecule is CC(C)O.CC(C)O.CC(C)O.OCCS.[Zr]. The Hall–Kier alpha value is 1.07. The van der Waals surface area contributed by atoms with Gasteiger partial charge in [0.2, 0.25) is 0 Å². The molecule has 0 aromatic carbocycles. The summed E-state index contributed by atoms with van der Waals surface area (Å²) in [4.78, 5) is 0. The Bertz CT molecular complexity index is 69.0. The van der Waals surface area contributed by atoms with Crippen molar-refractivity contribution in [3.05, 3.63) is 0 Å². The van der Waals surface area contributed by atoms with Crippen molar-refractivity contribution in [3.8, 4) is 0 Å². The van der Waals surface area contributed by atoms with Crippen LogP contribution in [0.3, 0.4) is 0 Å². The first kappa shape index (κ1) is 30.8. The number of aliphatic hydroxyl groups is 4. The summed E-state index contributed by atoms with van der Waals surface area (Å²) < 4.78 is 0. The van der Waals surface area contributed by atoms with Crippen LogP contribution in [-0.2, 0) is 26.2 Å². The maximum absolute atomic E-state index is 8.06. The quantitative estimate of drug-likeness (QED) is 0.459. The predicted molar refractivity (Wildman–Crippen MR) is 73.0 cm³/mol. The molecule has 4 nitrogen and oxygen atoms in total. The van der Waals surface area contributed by atoms with Crippen molar-refractivity contribution in [2.45, 2.75) is 59.9 Å². The van der Waals surface area contributed by atoms with Gasteiger partial charge in [-0.1, -0.05) is 0 Å². The van der Waals surface area contributed by atoms with Crippen molar-refractivity contribution in [1.82, 2.24) is 0 Å². The van der Waals surface area contributed by atoms with E-state index >= 15 is 0 Å². The second-order valence-corrected chi connectivity index (χ2v) is 4.18. The van der Waals surface area contributed by atoms with E-state index in [1.807, 2.05) is 0 Å². The van der Waals surface area contributed by atoms with E-state index in [4.69, 9.17) is 20.4 Å². The monoisotopic (exact) mass is 348 g/mol. The minimum atomic E-state index is -0.167. The molecule has 0 saturated carbocycles. The Kier molecular flexibility index (Phi) is 54.9. The van der Waals surface area contributed by atoms with E-state index in [1.54, 1.807) is 41.5 Å². The van der Waals surface area contributed by atoms with E-state index in [9.17, 15) is 0 Å². The summed E-state index contributed by atoms with van der Waals surface area (Å²) in [6, 6.07) is 0. The average Bonchev–Trinajstić information content (AvgIpc) is 2.00. The minimum absolute atomic E-state index is 0. The van der Waals surface area contributed by atoms with Gasteiger partial charge >= 0.3 is 0 Å². The van der Waals surface area contributed by atoms with Crippen LogP contribution in [0.15, 0.2) is 0 Å². The van der Waals surface area contributed by atoms with E-state index in [0.717, 1.165) is 0 Å². The first-order valence-electron chi connectivity index (χ1n) is 5.37. The number of aliphatic hydroxyl groups excluding tert-OH is 4. The van der Waals surface area contributed by atoms with Crippen molar-refractivity contribution >= 4 is 12.6 Å². The van der Waals surface area contributed by atoms with Gasteiger partial charge in [0.05, 0.1) is 6.61 Å². The molecule has 0 unspecified atom stereocenters. The molecule has 0 aromatic rings. The molecule has 0 aliphatic carbocycles. The molecule has 0 aliphatic heterocycles. The normalized spacial score (nSPS) is 8.12. The second kappa shape index (κ2) is 30.3. The summed E-state index contributed by atoms with van der Waals surface area (Å²) in [5.74, 6) is 0.569. The molecule has 0 fully saturated rings. The molecule has 17 heavy (non-hydrogen) atoms. The standard InChI is InChI=1S/3C3H8O.C2H6OS.Zr/c3*1-3(2)4;3-1-2-4;/h3*3-4H,1-2H3;3-4H,1-2H2;. The second-order valence-electron chi connectivity index (χ2n) is 3.73. The van der Waals surface area contributed by atoms with Crippen LogP contribution in [0.2, 0.25) is 0 Å². The van der Waals surface area contributed by atoms with Crippen LogP contribution in [0.4, 0.5) is 0 Å². The summed E-state index contributed by atoms with van der Waals surface area (Å²) in [5.41, 5.74) is 0. The number of hydrogen-bond acceptors (Lipinski definition) is 5. The Balaban J connectivity index is -0.0000000369. The van der Waals surface area contributed by atoms with E-state index in [2.05, 4.69) is 12.6 Å². The van der Waals surface area contributed by atoms with E-state index in [-0.39, 0.29) is 51.1 Å². The van der Waals surface area contributed by atoms with Crippen molar-refractivity contribution in [2.24, 2.45) is 0 Å². The van der Waals surface area contributed by atoms with Crippen molar-refractivity contribution in [1.29, 1.82) is 0 Å². The number of rotatable bonds is 1. The smallest absolute Gasteiger partial charge is 0.0519 e. The summed E-state index contributed by atoms with van der Waals surface area (Å²) in [6.45, 7) is 10.5. The molecule has 4 N–H and O–H groups in total. The molecule has 0 amide bonds. The Labute approximate surface area is 131 Å². The molecule has 0 radical (unpaired) electrons. The zero-order chi connectivity index (χ0) is 14.1. The zero-order valence-corrected chi connectivity index (χ0v) is 15.2. The molecule has 0 atom stereocenters. The third-order valence-electron chi connectivity index (χ3n) is 0.1000. The molecule has 0 saturated heterocycles. The van der Waals surface area contributed by atoms with Crippen LogP contribution in [0.1, 0.15) is 41.5 Å². The van der Waals surface area contributed by atoms with Gasteiger partial charge in [-0.05, 0) is 41.5 Å². The van der Waals surface area contributed by atoms with E-state index < -0.39 is 0 Å². The predicted octanol–water partition coefficient (Wildman–Crippen LogP) is 1.07. The summed E-state index contributed by atoms with van der Waals surface area (Å²) in [5, 5.41) is 32.0. The fourth-order valence-electron chi connectivity index (χ4n) is 0. The van der Waals surface area contributed by atoms with Crippen LogP contribution in [-0.4, -0.2) is 51.1 Å². The Morgan fingerprint density at radius 2 is 0.824 bits per heavy atom. The largest absolute Gasteiger partial charge is 0.396 e. The molecule has 0 rings (SSSR count). The maximum atomic E-state index is 8.06. The third kappa shape index (κ3) is 903. The summed E-state index contributed by atoms with van der Waals surface area (Å²) >= 11 is 3.67. The fourth-order valence-corrected chi connectivity index (χ4v) is 0. The molecule has 0 heterocycles. The van der Waals surface area contributed by atoms with Gasteiger partial charge in [0.25, 0.3) is 0 Å².